The Morgan fingerprint density at radius 3 is 2.53 bits per heavy atom. The minimum absolute atomic E-state index is 0.187. The molecule has 1 fully saturated rings. The van der Waals surface area contributed by atoms with Crippen molar-refractivity contribution in [3.8, 4) is 0 Å². The molecule has 0 spiro atoms. The third-order valence-corrected chi connectivity index (χ3v) is 5.83. The number of aryl methyl sites for hydroxylation is 1. The molecule has 0 atom stereocenters. The summed E-state index contributed by atoms with van der Waals surface area (Å²) in [6, 6.07) is 12.8. The highest BCUT2D eigenvalue weighted by Crippen LogP contribution is 2.23. The largest absolute Gasteiger partial charge is 0.345 e. The molecule has 0 N–H and O–H groups in total. The zero-order chi connectivity index (χ0) is 21.1. The maximum Gasteiger partial charge on any atom is 0.227 e. The van der Waals surface area contributed by atoms with E-state index in [0.29, 0.717) is 11.8 Å². The number of hydrogen-bond donors (Lipinski definition) is 0. The molecule has 156 valence electrons. The van der Waals surface area contributed by atoms with E-state index in [-0.39, 0.29) is 5.82 Å². The lowest BCUT2D eigenvalue weighted by Crippen LogP contribution is -2.46. The molecule has 2 heterocycles. The SMILES string of the molecule is Cc1ccc2c(c1)c(C(=O)C=O)cn2CCN1CCN(Cc2cccc(F)c2)CC1. The molecule has 1 aromatic heterocycles. The van der Waals surface area contributed by atoms with Crippen molar-refractivity contribution in [3.63, 3.8) is 0 Å². The van der Waals surface area contributed by atoms with Gasteiger partial charge in [0.1, 0.15) is 5.82 Å². The molecule has 1 aliphatic heterocycles. The number of carbonyl (C=O) groups excluding carboxylic acids is 2. The number of Topliss-reactive ketones (excluding diaryl/α,β-unsaturated/α-hetero) is 1. The zero-order valence-corrected chi connectivity index (χ0v) is 17.2. The lowest BCUT2D eigenvalue weighted by Gasteiger charge is -2.34. The van der Waals surface area contributed by atoms with Crippen molar-refractivity contribution in [1.29, 1.82) is 0 Å². The Labute approximate surface area is 175 Å². The Hall–Kier alpha value is -2.83. The van der Waals surface area contributed by atoms with Crippen LogP contribution in [-0.4, -0.2) is 59.2 Å². The summed E-state index contributed by atoms with van der Waals surface area (Å²) in [5.41, 5.74) is 3.53. The first-order valence-electron chi connectivity index (χ1n) is 10.3. The van der Waals surface area contributed by atoms with Crippen molar-refractivity contribution in [3.05, 3.63) is 71.2 Å². The van der Waals surface area contributed by atoms with E-state index in [2.05, 4.69) is 14.4 Å². The van der Waals surface area contributed by atoms with E-state index in [1.54, 1.807) is 18.3 Å². The standard InChI is InChI=1S/C24H26FN3O2/c1-18-5-6-23-21(13-18)22(24(30)17-29)16-28(23)12-11-26-7-9-27(10-8-26)15-19-3-2-4-20(25)14-19/h2-6,13-14,16-17H,7-12,15H2,1H3. The molecule has 0 amide bonds. The maximum absolute atomic E-state index is 13.4. The van der Waals surface area contributed by atoms with Crippen LogP contribution < -0.4 is 0 Å². The van der Waals surface area contributed by atoms with Gasteiger partial charge in [0, 0.05) is 62.9 Å². The maximum atomic E-state index is 13.4. The van der Waals surface area contributed by atoms with Gasteiger partial charge in [0.25, 0.3) is 0 Å². The van der Waals surface area contributed by atoms with E-state index in [0.717, 1.165) is 67.8 Å². The number of aldehydes is 1. The monoisotopic (exact) mass is 407 g/mol. The highest BCUT2D eigenvalue weighted by molar-refractivity contribution is 6.36. The predicted molar refractivity (Wildman–Crippen MR) is 115 cm³/mol. The third-order valence-electron chi connectivity index (χ3n) is 5.83. The first kappa shape index (κ1) is 20.4. The number of fused-ring (bicyclic) bond motifs is 1. The molecule has 0 bridgehead atoms. The Balaban J connectivity index is 1.37. The molecule has 2 aromatic carbocycles. The second-order valence-corrected chi connectivity index (χ2v) is 7.99. The fourth-order valence-electron chi connectivity index (χ4n) is 4.17. The quantitative estimate of drug-likeness (QED) is 0.343. The fourth-order valence-corrected chi connectivity index (χ4v) is 4.17. The van der Waals surface area contributed by atoms with E-state index in [1.165, 1.54) is 6.07 Å². The van der Waals surface area contributed by atoms with Gasteiger partial charge in [-0.2, -0.15) is 0 Å². The summed E-state index contributed by atoms with van der Waals surface area (Å²) in [6.45, 7) is 8.17. The van der Waals surface area contributed by atoms with Crippen LogP contribution in [0.2, 0.25) is 0 Å². The van der Waals surface area contributed by atoms with Crippen molar-refractivity contribution in [2.75, 3.05) is 32.7 Å². The number of hydrogen-bond acceptors (Lipinski definition) is 4. The average molecular weight is 407 g/mol. The summed E-state index contributed by atoms with van der Waals surface area (Å²) < 4.78 is 15.5. The zero-order valence-electron chi connectivity index (χ0n) is 17.2. The number of ketones is 1. The number of piperazine rings is 1. The lowest BCUT2D eigenvalue weighted by atomic mass is 10.1. The molecule has 6 heteroatoms. The van der Waals surface area contributed by atoms with Crippen molar-refractivity contribution in [2.45, 2.75) is 20.0 Å². The minimum atomic E-state index is -0.477. The number of carbonyl (C=O) groups is 2. The molecule has 4 rings (SSSR count). The van der Waals surface area contributed by atoms with Gasteiger partial charge in [0.05, 0.1) is 5.56 Å². The molecule has 0 radical (unpaired) electrons. The fraction of sp³-hybridized carbons (Fsp3) is 0.333. The Kier molecular flexibility index (Phi) is 6.06. The van der Waals surface area contributed by atoms with Crippen LogP contribution >= 0.6 is 0 Å². The van der Waals surface area contributed by atoms with Gasteiger partial charge in [-0.1, -0.05) is 23.8 Å². The van der Waals surface area contributed by atoms with Gasteiger partial charge < -0.3 is 4.57 Å². The molecule has 30 heavy (non-hydrogen) atoms. The van der Waals surface area contributed by atoms with Crippen molar-refractivity contribution >= 4 is 23.0 Å². The second kappa shape index (κ2) is 8.90. The number of rotatable bonds is 7. The van der Waals surface area contributed by atoms with Gasteiger partial charge in [-0.3, -0.25) is 19.4 Å². The van der Waals surface area contributed by atoms with Gasteiger partial charge in [-0.15, -0.1) is 0 Å². The highest BCUT2D eigenvalue weighted by atomic mass is 19.1. The molecule has 3 aromatic rings. The molecule has 5 nitrogen and oxygen atoms in total. The molecule has 1 aliphatic rings. The van der Waals surface area contributed by atoms with E-state index in [4.69, 9.17) is 0 Å². The van der Waals surface area contributed by atoms with E-state index in [9.17, 15) is 14.0 Å². The van der Waals surface area contributed by atoms with Crippen molar-refractivity contribution < 1.29 is 14.0 Å². The summed E-state index contributed by atoms with van der Waals surface area (Å²) in [7, 11) is 0. The summed E-state index contributed by atoms with van der Waals surface area (Å²) in [5, 5.41) is 0.840. The molecular formula is C24H26FN3O2. The van der Waals surface area contributed by atoms with E-state index >= 15 is 0 Å². The van der Waals surface area contributed by atoms with Gasteiger partial charge in [0.15, 0.2) is 6.29 Å². The van der Waals surface area contributed by atoms with Gasteiger partial charge in [0.2, 0.25) is 5.78 Å². The Morgan fingerprint density at radius 2 is 1.80 bits per heavy atom. The molecular weight excluding hydrogens is 381 g/mol. The third kappa shape index (κ3) is 4.50. The van der Waals surface area contributed by atoms with Crippen LogP contribution in [-0.2, 0) is 17.9 Å². The number of aromatic nitrogens is 1. The first-order valence-corrected chi connectivity index (χ1v) is 10.3. The lowest BCUT2D eigenvalue weighted by molar-refractivity contribution is -0.104. The topological polar surface area (TPSA) is 45.6 Å². The minimum Gasteiger partial charge on any atom is -0.345 e. The Morgan fingerprint density at radius 1 is 1.03 bits per heavy atom. The number of nitrogens with zero attached hydrogens (tertiary/aromatic N) is 3. The van der Waals surface area contributed by atoms with E-state index in [1.807, 2.05) is 31.2 Å². The van der Waals surface area contributed by atoms with Crippen LogP contribution in [0.15, 0.2) is 48.7 Å². The average Bonchev–Trinajstić information content (AvgIpc) is 3.10. The summed E-state index contributed by atoms with van der Waals surface area (Å²) in [5.74, 6) is -0.664. The molecule has 0 unspecified atom stereocenters. The molecule has 1 saturated heterocycles. The summed E-state index contributed by atoms with van der Waals surface area (Å²) in [4.78, 5) is 27.8. The molecule has 0 saturated carbocycles. The van der Waals surface area contributed by atoms with Gasteiger partial charge in [-0.05, 0) is 36.8 Å². The van der Waals surface area contributed by atoms with Crippen LogP contribution in [0.25, 0.3) is 10.9 Å². The van der Waals surface area contributed by atoms with Crippen LogP contribution in [0, 0.1) is 12.7 Å². The van der Waals surface area contributed by atoms with Crippen LogP contribution in [0.1, 0.15) is 21.5 Å². The van der Waals surface area contributed by atoms with Crippen molar-refractivity contribution in [2.24, 2.45) is 0 Å². The number of benzene rings is 2. The van der Waals surface area contributed by atoms with Crippen molar-refractivity contribution in [1.82, 2.24) is 14.4 Å². The van der Waals surface area contributed by atoms with Gasteiger partial charge >= 0.3 is 0 Å². The Bertz CT molecular complexity index is 1070. The number of halogens is 1. The predicted octanol–water partition coefficient (Wildman–Crippen LogP) is 3.29. The second-order valence-electron chi connectivity index (χ2n) is 7.99. The van der Waals surface area contributed by atoms with E-state index < -0.39 is 5.78 Å². The normalized spacial score (nSPS) is 15.5. The smallest absolute Gasteiger partial charge is 0.227 e. The molecule has 0 aliphatic carbocycles. The van der Waals surface area contributed by atoms with Crippen LogP contribution in [0.5, 0.6) is 0 Å². The first-order chi connectivity index (χ1) is 14.5. The summed E-state index contributed by atoms with van der Waals surface area (Å²) in [6.07, 6.45) is 2.19. The highest BCUT2D eigenvalue weighted by Gasteiger charge is 2.19. The van der Waals surface area contributed by atoms with Gasteiger partial charge in [-0.25, -0.2) is 4.39 Å². The van der Waals surface area contributed by atoms with Crippen LogP contribution in [0.4, 0.5) is 4.39 Å². The summed E-state index contributed by atoms with van der Waals surface area (Å²) >= 11 is 0. The van der Waals surface area contributed by atoms with Crippen LogP contribution in [0.3, 0.4) is 0 Å².